The van der Waals surface area contributed by atoms with E-state index in [-0.39, 0.29) is 11.6 Å². The highest BCUT2D eigenvalue weighted by Gasteiger charge is 2.52. The summed E-state index contributed by atoms with van der Waals surface area (Å²) in [6.07, 6.45) is 7.93. The zero-order valence-corrected chi connectivity index (χ0v) is 16.8. The van der Waals surface area contributed by atoms with Gasteiger partial charge >= 0.3 is 6.03 Å². The minimum absolute atomic E-state index is 0.114. The number of benzene rings is 1. The number of urea groups is 1. The maximum atomic E-state index is 13.1. The average Bonchev–Trinajstić information content (AvgIpc) is 2.61. The van der Waals surface area contributed by atoms with E-state index in [4.69, 9.17) is 0 Å². The van der Waals surface area contributed by atoms with Gasteiger partial charge in [0.15, 0.2) is 0 Å². The molecule has 4 nitrogen and oxygen atoms in total. The number of nitrogens with zero attached hydrogens (tertiary/aromatic N) is 2. The molecule has 1 aromatic rings. The minimum Gasteiger partial charge on any atom is -0.365 e. The van der Waals surface area contributed by atoms with Crippen molar-refractivity contribution in [3.8, 4) is 0 Å². The first-order valence-electron chi connectivity index (χ1n) is 10.9. The molecular formula is C23H33N3O. The summed E-state index contributed by atoms with van der Waals surface area (Å²) in [6, 6.07) is 9.30. The van der Waals surface area contributed by atoms with Crippen LogP contribution in [0.15, 0.2) is 24.3 Å². The number of hydrogen-bond donors (Lipinski definition) is 1. The predicted molar refractivity (Wildman–Crippen MR) is 109 cm³/mol. The Labute approximate surface area is 163 Å². The summed E-state index contributed by atoms with van der Waals surface area (Å²) < 4.78 is 0. The summed E-state index contributed by atoms with van der Waals surface area (Å²) in [5.74, 6) is 2.61. The molecule has 6 rings (SSSR count). The molecule has 2 amide bonds. The second kappa shape index (κ2) is 6.42. The Morgan fingerprint density at radius 3 is 2.15 bits per heavy atom. The van der Waals surface area contributed by atoms with Gasteiger partial charge in [0.05, 0.1) is 0 Å². The van der Waals surface area contributed by atoms with Crippen molar-refractivity contribution in [3.05, 3.63) is 29.8 Å². The molecule has 0 aromatic heterocycles. The number of carbonyl (C=O) groups is 1. The zero-order valence-electron chi connectivity index (χ0n) is 16.8. The van der Waals surface area contributed by atoms with Gasteiger partial charge in [-0.15, -0.1) is 0 Å². The summed E-state index contributed by atoms with van der Waals surface area (Å²) in [7, 11) is 0. The fourth-order valence-corrected chi connectivity index (χ4v) is 6.83. The topological polar surface area (TPSA) is 35.6 Å². The first kappa shape index (κ1) is 17.4. The van der Waals surface area contributed by atoms with Crippen LogP contribution in [0, 0.1) is 24.7 Å². The van der Waals surface area contributed by atoms with Gasteiger partial charge in [0, 0.05) is 36.9 Å². The first-order chi connectivity index (χ1) is 13.0. The van der Waals surface area contributed by atoms with E-state index in [2.05, 4.69) is 53.2 Å². The normalized spacial score (nSPS) is 37.6. The van der Waals surface area contributed by atoms with Crippen LogP contribution in [0.3, 0.4) is 0 Å². The molecule has 4 heteroatoms. The molecular weight excluding hydrogens is 334 g/mol. The van der Waals surface area contributed by atoms with Crippen molar-refractivity contribution in [1.82, 2.24) is 10.2 Å². The van der Waals surface area contributed by atoms with E-state index in [9.17, 15) is 4.79 Å². The lowest BCUT2D eigenvalue weighted by molar-refractivity contribution is -0.0159. The van der Waals surface area contributed by atoms with Gasteiger partial charge in [-0.1, -0.05) is 17.7 Å². The molecule has 0 unspecified atom stereocenters. The van der Waals surface area contributed by atoms with Crippen LogP contribution in [0.5, 0.6) is 0 Å². The van der Waals surface area contributed by atoms with E-state index in [1.165, 1.54) is 49.8 Å². The standard InChI is InChI=1S/C23H33N3O/c1-16-3-5-21(6-4-16)26-8-7-25(15-17(26)2)22(27)24-23-12-18-9-19(13-23)11-20(10-18)14-23/h3-6,17-20H,7-15H2,1-2H3,(H,24,27)/t17-,18?,19?,20?,23?/m1/s1. The van der Waals surface area contributed by atoms with Crippen molar-refractivity contribution in [2.24, 2.45) is 17.8 Å². The number of aryl methyl sites for hydroxylation is 1. The van der Waals surface area contributed by atoms with E-state index in [0.717, 1.165) is 37.4 Å². The second-order valence-electron chi connectivity index (χ2n) is 9.95. The molecule has 1 aliphatic heterocycles. The summed E-state index contributed by atoms with van der Waals surface area (Å²) >= 11 is 0. The van der Waals surface area contributed by atoms with Crippen molar-refractivity contribution in [3.63, 3.8) is 0 Å². The predicted octanol–water partition coefficient (Wildman–Crippen LogP) is 4.18. The van der Waals surface area contributed by atoms with E-state index in [1.54, 1.807) is 0 Å². The van der Waals surface area contributed by atoms with Crippen molar-refractivity contribution < 1.29 is 4.79 Å². The van der Waals surface area contributed by atoms with Crippen molar-refractivity contribution in [2.45, 2.75) is 64.0 Å². The Balaban J connectivity index is 1.23. The highest BCUT2D eigenvalue weighted by Crippen LogP contribution is 2.55. The molecule has 1 saturated heterocycles. The fraction of sp³-hybridized carbons (Fsp3) is 0.696. The van der Waals surface area contributed by atoms with Gasteiger partial charge in [-0.2, -0.15) is 0 Å². The molecule has 146 valence electrons. The quantitative estimate of drug-likeness (QED) is 0.851. The van der Waals surface area contributed by atoms with Gasteiger partial charge in [0.25, 0.3) is 0 Å². The van der Waals surface area contributed by atoms with Crippen LogP contribution in [-0.4, -0.2) is 42.1 Å². The fourth-order valence-electron chi connectivity index (χ4n) is 6.83. The highest BCUT2D eigenvalue weighted by molar-refractivity contribution is 5.75. The zero-order chi connectivity index (χ0) is 18.6. The maximum Gasteiger partial charge on any atom is 0.317 e. The lowest BCUT2D eigenvalue weighted by Crippen LogP contribution is -2.64. The highest BCUT2D eigenvalue weighted by atomic mass is 16.2. The summed E-state index contributed by atoms with van der Waals surface area (Å²) in [6.45, 7) is 6.91. The smallest absolute Gasteiger partial charge is 0.317 e. The molecule has 4 aliphatic carbocycles. The molecule has 4 bridgehead atoms. The van der Waals surface area contributed by atoms with Crippen LogP contribution < -0.4 is 10.2 Å². The number of piperazine rings is 1. The third kappa shape index (κ3) is 3.21. The van der Waals surface area contributed by atoms with Gasteiger partial charge in [-0.3, -0.25) is 0 Å². The monoisotopic (exact) mass is 367 g/mol. The largest absolute Gasteiger partial charge is 0.365 e. The van der Waals surface area contributed by atoms with Gasteiger partial charge < -0.3 is 15.1 Å². The average molecular weight is 368 g/mol. The number of nitrogens with one attached hydrogen (secondary N) is 1. The third-order valence-electron chi connectivity index (χ3n) is 7.69. The van der Waals surface area contributed by atoms with Crippen LogP contribution >= 0.6 is 0 Å². The van der Waals surface area contributed by atoms with Gasteiger partial charge in [-0.25, -0.2) is 4.79 Å². The Bertz CT molecular complexity index is 678. The number of carbonyl (C=O) groups excluding carboxylic acids is 1. The molecule has 27 heavy (non-hydrogen) atoms. The summed E-state index contributed by atoms with van der Waals surface area (Å²) in [5, 5.41) is 3.55. The maximum absolute atomic E-state index is 13.1. The van der Waals surface area contributed by atoms with Crippen LogP contribution in [-0.2, 0) is 0 Å². The first-order valence-corrected chi connectivity index (χ1v) is 10.9. The lowest BCUT2D eigenvalue weighted by atomic mass is 9.53. The van der Waals surface area contributed by atoms with Crippen LogP contribution in [0.4, 0.5) is 10.5 Å². The van der Waals surface area contributed by atoms with Crippen molar-refractivity contribution in [2.75, 3.05) is 24.5 Å². The number of hydrogen-bond acceptors (Lipinski definition) is 2. The van der Waals surface area contributed by atoms with Crippen LogP contribution in [0.1, 0.15) is 51.0 Å². The molecule has 1 N–H and O–H groups in total. The van der Waals surface area contributed by atoms with Gasteiger partial charge in [-0.05, 0) is 82.3 Å². The second-order valence-corrected chi connectivity index (χ2v) is 9.95. The molecule has 0 spiro atoms. The molecule has 0 radical (unpaired) electrons. The van der Waals surface area contributed by atoms with E-state index in [1.807, 2.05) is 0 Å². The summed E-state index contributed by atoms with van der Waals surface area (Å²) in [5.41, 5.74) is 2.68. The van der Waals surface area contributed by atoms with E-state index < -0.39 is 0 Å². The van der Waals surface area contributed by atoms with Crippen molar-refractivity contribution in [1.29, 1.82) is 0 Å². The van der Waals surface area contributed by atoms with E-state index >= 15 is 0 Å². The summed E-state index contributed by atoms with van der Waals surface area (Å²) in [4.78, 5) is 17.6. The Morgan fingerprint density at radius 2 is 1.59 bits per heavy atom. The molecule has 5 fully saturated rings. The Kier molecular flexibility index (Phi) is 4.14. The molecule has 4 saturated carbocycles. The van der Waals surface area contributed by atoms with Crippen molar-refractivity contribution >= 4 is 11.7 Å². The van der Waals surface area contributed by atoms with Gasteiger partial charge in [0.2, 0.25) is 0 Å². The number of rotatable bonds is 2. The van der Waals surface area contributed by atoms with E-state index in [0.29, 0.717) is 6.04 Å². The minimum atomic E-state index is 0.114. The van der Waals surface area contributed by atoms with Crippen LogP contribution in [0.2, 0.25) is 0 Å². The van der Waals surface area contributed by atoms with Crippen LogP contribution in [0.25, 0.3) is 0 Å². The van der Waals surface area contributed by atoms with Gasteiger partial charge in [0.1, 0.15) is 0 Å². The SMILES string of the molecule is Cc1ccc(N2CCN(C(=O)NC34CC5CC(CC(C5)C3)C4)C[C@H]2C)cc1. The third-order valence-corrected chi connectivity index (χ3v) is 7.69. The molecule has 1 aromatic carbocycles. The molecule has 5 aliphatic rings. The lowest BCUT2D eigenvalue weighted by Gasteiger charge is -2.57. The Morgan fingerprint density at radius 1 is 1.00 bits per heavy atom. The Hall–Kier alpha value is -1.71. The molecule has 1 heterocycles. The number of amides is 2. The molecule has 1 atom stereocenters. The number of anilines is 1.